The van der Waals surface area contributed by atoms with E-state index in [4.69, 9.17) is 9.57 Å². The van der Waals surface area contributed by atoms with Gasteiger partial charge < -0.3 is 9.84 Å². The molecular formula is C19H23NO4. The van der Waals surface area contributed by atoms with Crippen LogP contribution in [0.2, 0.25) is 0 Å². The topological polar surface area (TPSA) is 59.0 Å². The number of carbonyl (C=O) groups excluding carboxylic acids is 1. The number of aliphatic hydroxyl groups is 1. The smallest absolute Gasteiger partial charge is 0.248 e. The number of aryl methyl sites for hydroxylation is 1. The van der Waals surface area contributed by atoms with Gasteiger partial charge in [0, 0.05) is 7.05 Å². The molecule has 1 atom stereocenters. The predicted octanol–water partition coefficient (Wildman–Crippen LogP) is 3.02. The Balaban J connectivity index is 2.06. The molecule has 0 bridgehead atoms. The number of rotatable bonds is 7. The summed E-state index contributed by atoms with van der Waals surface area (Å²) in [5.74, 6) is 0.403. The molecule has 0 aliphatic carbocycles. The van der Waals surface area contributed by atoms with Crippen molar-refractivity contribution >= 4 is 5.91 Å². The van der Waals surface area contributed by atoms with Crippen LogP contribution in [0.25, 0.3) is 0 Å². The van der Waals surface area contributed by atoms with Crippen LogP contribution in [0.4, 0.5) is 0 Å². The van der Waals surface area contributed by atoms with E-state index in [0.29, 0.717) is 17.9 Å². The summed E-state index contributed by atoms with van der Waals surface area (Å²) in [6, 6.07) is 15.3. The first-order valence-corrected chi connectivity index (χ1v) is 7.77. The molecule has 5 heteroatoms. The lowest BCUT2D eigenvalue weighted by Crippen LogP contribution is -2.26. The molecular weight excluding hydrogens is 306 g/mol. The van der Waals surface area contributed by atoms with Crippen molar-refractivity contribution < 1.29 is 19.5 Å². The standard InChI is InChI=1S/C19H23NO4/c1-14-9-10-16(17(21)12-19(22)20(2)23-3)11-18(14)24-13-15-7-5-4-6-8-15/h4-11,17,21H,12-13H2,1-3H3. The average Bonchev–Trinajstić information content (AvgIpc) is 2.61. The lowest BCUT2D eigenvalue weighted by atomic mass is 10.0. The summed E-state index contributed by atoms with van der Waals surface area (Å²) >= 11 is 0. The Morgan fingerprint density at radius 2 is 1.92 bits per heavy atom. The fourth-order valence-electron chi connectivity index (χ4n) is 2.23. The second-order valence-electron chi connectivity index (χ2n) is 5.59. The summed E-state index contributed by atoms with van der Waals surface area (Å²) in [5, 5.41) is 11.4. The van der Waals surface area contributed by atoms with Crippen molar-refractivity contribution in [2.24, 2.45) is 0 Å². The molecule has 0 aromatic heterocycles. The molecule has 1 amide bonds. The van der Waals surface area contributed by atoms with Crippen molar-refractivity contribution in [1.82, 2.24) is 5.06 Å². The van der Waals surface area contributed by atoms with Crippen molar-refractivity contribution in [3.8, 4) is 5.75 Å². The largest absolute Gasteiger partial charge is 0.489 e. The van der Waals surface area contributed by atoms with Gasteiger partial charge in [0.1, 0.15) is 12.4 Å². The molecule has 2 rings (SSSR count). The first kappa shape index (κ1) is 18.0. The number of hydrogen-bond donors (Lipinski definition) is 1. The predicted molar refractivity (Wildman–Crippen MR) is 91.3 cm³/mol. The highest BCUT2D eigenvalue weighted by Crippen LogP contribution is 2.26. The number of amides is 1. The molecule has 5 nitrogen and oxygen atoms in total. The number of nitrogens with zero attached hydrogens (tertiary/aromatic N) is 1. The molecule has 0 fully saturated rings. The highest BCUT2D eigenvalue weighted by molar-refractivity contribution is 5.75. The summed E-state index contributed by atoms with van der Waals surface area (Å²) in [6.45, 7) is 2.40. The van der Waals surface area contributed by atoms with Crippen LogP contribution >= 0.6 is 0 Å². The van der Waals surface area contributed by atoms with Gasteiger partial charge in [-0.15, -0.1) is 0 Å². The van der Waals surface area contributed by atoms with Crippen molar-refractivity contribution in [2.45, 2.75) is 26.1 Å². The van der Waals surface area contributed by atoms with Gasteiger partial charge in [-0.05, 0) is 29.7 Å². The molecule has 1 N–H and O–H groups in total. The molecule has 2 aromatic rings. The SMILES string of the molecule is CON(C)C(=O)CC(O)c1ccc(C)c(OCc2ccccc2)c1. The second kappa shape index (κ2) is 8.47. The van der Waals surface area contributed by atoms with Crippen LogP contribution in [0.3, 0.4) is 0 Å². The van der Waals surface area contributed by atoms with E-state index in [-0.39, 0.29) is 12.3 Å². The van der Waals surface area contributed by atoms with Gasteiger partial charge in [-0.1, -0.05) is 42.5 Å². The Morgan fingerprint density at radius 3 is 2.58 bits per heavy atom. The van der Waals surface area contributed by atoms with E-state index >= 15 is 0 Å². The van der Waals surface area contributed by atoms with E-state index < -0.39 is 6.10 Å². The third kappa shape index (κ3) is 4.81. The number of carbonyl (C=O) groups is 1. The molecule has 0 aliphatic rings. The van der Waals surface area contributed by atoms with Crippen LogP contribution in [0.5, 0.6) is 5.75 Å². The molecule has 0 radical (unpaired) electrons. The lowest BCUT2D eigenvalue weighted by molar-refractivity contribution is -0.170. The van der Waals surface area contributed by atoms with Crippen molar-refractivity contribution in [1.29, 1.82) is 0 Å². The number of benzene rings is 2. The second-order valence-corrected chi connectivity index (χ2v) is 5.59. The Kier molecular flexibility index (Phi) is 6.35. The van der Waals surface area contributed by atoms with Crippen molar-refractivity contribution in [2.75, 3.05) is 14.2 Å². The quantitative estimate of drug-likeness (QED) is 0.793. The van der Waals surface area contributed by atoms with E-state index in [1.54, 1.807) is 12.1 Å². The van der Waals surface area contributed by atoms with Gasteiger partial charge >= 0.3 is 0 Å². The van der Waals surface area contributed by atoms with E-state index in [0.717, 1.165) is 16.2 Å². The van der Waals surface area contributed by atoms with E-state index in [1.165, 1.54) is 14.2 Å². The molecule has 0 saturated carbocycles. The number of ether oxygens (including phenoxy) is 1. The average molecular weight is 329 g/mol. The van der Waals surface area contributed by atoms with E-state index in [2.05, 4.69) is 0 Å². The third-order valence-electron chi connectivity index (χ3n) is 3.83. The summed E-state index contributed by atoms with van der Waals surface area (Å²) < 4.78 is 5.86. The third-order valence-corrected chi connectivity index (χ3v) is 3.83. The zero-order chi connectivity index (χ0) is 17.5. The Hall–Kier alpha value is -2.37. The van der Waals surface area contributed by atoms with Crippen LogP contribution in [-0.2, 0) is 16.2 Å². The minimum atomic E-state index is -0.908. The van der Waals surface area contributed by atoms with Gasteiger partial charge in [0.05, 0.1) is 19.6 Å². The molecule has 0 heterocycles. The molecule has 1 unspecified atom stereocenters. The Bertz CT molecular complexity index is 672. The van der Waals surface area contributed by atoms with Gasteiger partial charge in [0.2, 0.25) is 5.91 Å². The monoisotopic (exact) mass is 329 g/mol. The Morgan fingerprint density at radius 1 is 1.21 bits per heavy atom. The lowest BCUT2D eigenvalue weighted by Gasteiger charge is -2.18. The number of hydroxylamine groups is 2. The van der Waals surface area contributed by atoms with Gasteiger partial charge in [0.25, 0.3) is 0 Å². The van der Waals surface area contributed by atoms with Crippen LogP contribution in [0.1, 0.15) is 29.2 Å². The highest BCUT2D eigenvalue weighted by Gasteiger charge is 2.17. The number of hydrogen-bond acceptors (Lipinski definition) is 4. The minimum absolute atomic E-state index is 0.0501. The van der Waals surface area contributed by atoms with Crippen molar-refractivity contribution in [3.05, 3.63) is 65.2 Å². The zero-order valence-electron chi connectivity index (χ0n) is 14.2. The molecule has 0 spiro atoms. The molecule has 128 valence electrons. The Labute approximate surface area is 142 Å². The number of aliphatic hydroxyl groups excluding tert-OH is 1. The maximum atomic E-state index is 11.8. The zero-order valence-corrected chi connectivity index (χ0v) is 14.2. The maximum absolute atomic E-state index is 11.8. The van der Waals surface area contributed by atoms with Crippen LogP contribution in [-0.4, -0.2) is 30.2 Å². The van der Waals surface area contributed by atoms with Crippen molar-refractivity contribution in [3.63, 3.8) is 0 Å². The highest BCUT2D eigenvalue weighted by atomic mass is 16.7. The van der Waals surface area contributed by atoms with Gasteiger partial charge in [-0.25, -0.2) is 5.06 Å². The summed E-state index contributed by atoms with van der Waals surface area (Å²) in [7, 11) is 2.92. The van der Waals surface area contributed by atoms with Gasteiger partial charge in [0.15, 0.2) is 0 Å². The molecule has 0 aliphatic heterocycles. The fraction of sp³-hybridized carbons (Fsp3) is 0.316. The summed E-state index contributed by atoms with van der Waals surface area (Å²) in [4.78, 5) is 16.7. The van der Waals surface area contributed by atoms with Crippen LogP contribution < -0.4 is 4.74 Å². The first-order valence-electron chi connectivity index (χ1n) is 7.77. The first-order chi connectivity index (χ1) is 11.5. The normalized spacial score (nSPS) is 11.8. The van der Waals surface area contributed by atoms with Gasteiger partial charge in [-0.2, -0.15) is 0 Å². The summed E-state index contributed by atoms with van der Waals surface area (Å²) in [6.07, 6.45) is -0.958. The maximum Gasteiger partial charge on any atom is 0.248 e. The summed E-state index contributed by atoms with van der Waals surface area (Å²) in [5.41, 5.74) is 2.68. The molecule has 0 saturated heterocycles. The van der Waals surface area contributed by atoms with Crippen LogP contribution in [0, 0.1) is 6.92 Å². The van der Waals surface area contributed by atoms with Gasteiger partial charge in [-0.3, -0.25) is 9.63 Å². The van der Waals surface area contributed by atoms with E-state index in [9.17, 15) is 9.90 Å². The van der Waals surface area contributed by atoms with E-state index in [1.807, 2.05) is 43.3 Å². The fourth-order valence-corrected chi connectivity index (χ4v) is 2.23. The molecule has 2 aromatic carbocycles. The minimum Gasteiger partial charge on any atom is -0.489 e. The van der Waals surface area contributed by atoms with Crippen LogP contribution in [0.15, 0.2) is 48.5 Å². The molecule has 24 heavy (non-hydrogen) atoms.